The quantitative estimate of drug-likeness (QED) is 0.318. The maximum atomic E-state index is 13.5. The topological polar surface area (TPSA) is 110 Å². The third-order valence-corrected chi connectivity index (χ3v) is 6.34. The number of carbonyl (C=O) groups excluding carboxylic acids is 1. The van der Waals surface area contributed by atoms with Gasteiger partial charge in [0.1, 0.15) is 0 Å². The fraction of sp³-hybridized carbons (Fsp3) is 0.125. The molecule has 0 radical (unpaired) electrons. The minimum absolute atomic E-state index is 0.0503. The number of rotatable bonds is 7. The molecule has 0 aliphatic heterocycles. The summed E-state index contributed by atoms with van der Waals surface area (Å²) in [5.41, 5.74) is 0.153. The van der Waals surface area contributed by atoms with Crippen molar-refractivity contribution in [2.75, 3.05) is 16.6 Å². The maximum Gasteiger partial charge on any atom is 0.417 e. The number of nitrogens with one attached hydrogen (secondary N) is 2. The number of sulfonamides is 1. The van der Waals surface area contributed by atoms with Gasteiger partial charge in [0.05, 0.1) is 33.7 Å². The highest BCUT2D eigenvalue weighted by Gasteiger charge is 2.37. The average Bonchev–Trinajstić information content (AvgIpc) is 2.84. The monoisotopic (exact) mass is 516 g/mol. The lowest BCUT2D eigenvalue weighted by Gasteiger charge is -2.16. The van der Waals surface area contributed by atoms with E-state index in [1.165, 1.54) is 18.2 Å². The SMILES string of the molecule is CCOC(=O)c1ccc(Nc2nc3ccccc3nc2NS(=O)(=O)c2ccccc2C(F)(F)F)cc1. The number of alkyl halides is 3. The second-order valence-corrected chi connectivity index (χ2v) is 9.08. The fourth-order valence-corrected chi connectivity index (χ4v) is 4.55. The van der Waals surface area contributed by atoms with Gasteiger partial charge in [0.25, 0.3) is 10.0 Å². The second-order valence-electron chi connectivity index (χ2n) is 7.43. The number of halogens is 3. The third kappa shape index (κ3) is 5.38. The van der Waals surface area contributed by atoms with Gasteiger partial charge in [-0.05, 0) is 55.5 Å². The molecule has 12 heteroatoms. The Labute approximate surface area is 204 Å². The van der Waals surface area contributed by atoms with Crippen LogP contribution < -0.4 is 10.0 Å². The van der Waals surface area contributed by atoms with E-state index in [9.17, 15) is 26.4 Å². The first-order valence-corrected chi connectivity index (χ1v) is 12.1. The van der Waals surface area contributed by atoms with E-state index in [-0.39, 0.29) is 18.2 Å². The number of hydrogen-bond donors (Lipinski definition) is 2. The Hall–Kier alpha value is -4.19. The number of para-hydroxylation sites is 2. The molecule has 0 atom stereocenters. The van der Waals surface area contributed by atoms with Crippen molar-refractivity contribution in [3.8, 4) is 0 Å². The van der Waals surface area contributed by atoms with Crippen LogP contribution in [0.3, 0.4) is 0 Å². The van der Waals surface area contributed by atoms with Crippen LogP contribution in [0.25, 0.3) is 11.0 Å². The van der Waals surface area contributed by atoms with Gasteiger partial charge < -0.3 is 10.1 Å². The zero-order valence-corrected chi connectivity index (χ0v) is 19.5. The number of benzene rings is 3. The van der Waals surface area contributed by atoms with Crippen molar-refractivity contribution in [2.24, 2.45) is 0 Å². The fourth-order valence-electron chi connectivity index (χ4n) is 3.32. The van der Waals surface area contributed by atoms with Gasteiger partial charge in [-0.25, -0.2) is 23.2 Å². The van der Waals surface area contributed by atoms with Gasteiger partial charge in [0.2, 0.25) is 0 Å². The molecule has 2 N–H and O–H groups in total. The number of esters is 1. The number of aromatic nitrogens is 2. The smallest absolute Gasteiger partial charge is 0.417 e. The maximum absolute atomic E-state index is 13.5. The Balaban J connectivity index is 1.74. The first kappa shape index (κ1) is 24.9. The van der Waals surface area contributed by atoms with Crippen LogP contribution in [0.5, 0.6) is 0 Å². The van der Waals surface area contributed by atoms with Crippen LogP contribution in [0, 0.1) is 0 Å². The van der Waals surface area contributed by atoms with Crippen molar-refractivity contribution in [1.82, 2.24) is 9.97 Å². The average molecular weight is 517 g/mol. The van der Waals surface area contributed by atoms with Gasteiger partial charge in [-0.2, -0.15) is 13.2 Å². The van der Waals surface area contributed by atoms with E-state index in [0.717, 1.165) is 12.1 Å². The van der Waals surface area contributed by atoms with E-state index in [2.05, 4.69) is 20.0 Å². The van der Waals surface area contributed by atoms with Gasteiger partial charge in [0.15, 0.2) is 11.6 Å². The molecule has 1 heterocycles. The van der Waals surface area contributed by atoms with E-state index < -0.39 is 32.6 Å². The van der Waals surface area contributed by atoms with Gasteiger partial charge >= 0.3 is 12.1 Å². The van der Waals surface area contributed by atoms with Crippen LogP contribution >= 0.6 is 0 Å². The van der Waals surface area contributed by atoms with Crippen LogP contribution in [0.15, 0.2) is 77.7 Å². The van der Waals surface area contributed by atoms with Gasteiger partial charge in [-0.1, -0.05) is 24.3 Å². The molecule has 0 aliphatic carbocycles. The van der Waals surface area contributed by atoms with E-state index >= 15 is 0 Å². The Morgan fingerprint density at radius 3 is 2.08 bits per heavy atom. The molecule has 1 aromatic heterocycles. The van der Waals surface area contributed by atoms with Crippen molar-refractivity contribution in [2.45, 2.75) is 18.0 Å². The molecule has 0 aliphatic rings. The molecule has 3 aromatic carbocycles. The molecule has 36 heavy (non-hydrogen) atoms. The summed E-state index contributed by atoms with van der Waals surface area (Å²) < 4.78 is 73.5. The second kappa shape index (κ2) is 9.82. The molecule has 0 unspecified atom stereocenters. The molecular formula is C24H19F3N4O4S. The van der Waals surface area contributed by atoms with Crippen molar-refractivity contribution < 1.29 is 31.1 Å². The zero-order valence-electron chi connectivity index (χ0n) is 18.7. The van der Waals surface area contributed by atoms with Crippen LogP contribution in [-0.4, -0.2) is 31.0 Å². The lowest BCUT2D eigenvalue weighted by atomic mass is 10.2. The number of hydrogen-bond acceptors (Lipinski definition) is 7. The van der Waals surface area contributed by atoms with Crippen molar-refractivity contribution in [1.29, 1.82) is 0 Å². The predicted molar refractivity (Wildman–Crippen MR) is 127 cm³/mol. The molecular weight excluding hydrogens is 497 g/mol. The summed E-state index contributed by atoms with van der Waals surface area (Å²) in [5, 5.41) is 2.91. The summed E-state index contributed by atoms with van der Waals surface area (Å²) in [5.74, 6) is -0.864. The summed E-state index contributed by atoms with van der Waals surface area (Å²) in [4.78, 5) is 19.6. The van der Waals surface area contributed by atoms with E-state index in [4.69, 9.17) is 4.74 Å². The van der Waals surface area contributed by atoms with Gasteiger partial charge in [-0.3, -0.25) is 4.72 Å². The number of ether oxygens (including phenoxy) is 1. The standard InChI is InChI=1S/C24H19F3N4O4S/c1-2-35-23(32)15-11-13-16(14-12-15)28-21-22(30-19-9-5-4-8-18(19)29-21)31-36(33,34)20-10-6-3-7-17(20)24(25,26)27/h3-14H,2H2,1H3,(H,28,29)(H,30,31). The molecule has 0 bridgehead atoms. The number of carbonyl (C=O) groups is 1. The summed E-state index contributed by atoms with van der Waals surface area (Å²) in [6.45, 7) is 1.90. The summed E-state index contributed by atoms with van der Waals surface area (Å²) >= 11 is 0. The molecule has 4 rings (SSSR count). The number of nitrogens with zero attached hydrogens (tertiary/aromatic N) is 2. The third-order valence-electron chi connectivity index (χ3n) is 4.94. The molecule has 8 nitrogen and oxygen atoms in total. The molecule has 4 aromatic rings. The van der Waals surface area contributed by atoms with E-state index in [1.54, 1.807) is 43.3 Å². The Morgan fingerprint density at radius 1 is 0.889 bits per heavy atom. The summed E-state index contributed by atoms with van der Waals surface area (Å²) in [6.07, 6.45) is -4.89. The Bertz CT molecular complexity index is 1520. The molecule has 186 valence electrons. The largest absolute Gasteiger partial charge is 0.462 e. The molecule has 0 saturated heterocycles. The molecule has 0 amide bonds. The van der Waals surface area contributed by atoms with Crippen molar-refractivity contribution in [3.05, 3.63) is 83.9 Å². The minimum Gasteiger partial charge on any atom is -0.462 e. The predicted octanol–water partition coefficient (Wildman–Crippen LogP) is 5.37. The van der Waals surface area contributed by atoms with E-state index in [0.29, 0.717) is 28.4 Å². The van der Waals surface area contributed by atoms with Crippen LogP contribution in [0.1, 0.15) is 22.8 Å². The lowest BCUT2D eigenvalue weighted by Crippen LogP contribution is -2.20. The van der Waals surface area contributed by atoms with Crippen molar-refractivity contribution in [3.63, 3.8) is 0 Å². The minimum atomic E-state index is -4.89. The highest BCUT2D eigenvalue weighted by Crippen LogP contribution is 2.35. The normalized spacial score (nSPS) is 11.8. The first-order chi connectivity index (χ1) is 17.1. The lowest BCUT2D eigenvalue weighted by molar-refractivity contribution is -0.139. The van der Waals surface area contributed by atoms with E-state index in [1.807, 2.05) is 0 Å². The Morgan fingerprint density at radius 2 is 1.47 bits per heavy atom. The summed E-state index contributed by atoms with van der Waals surface area (Å²) in [6, 6.07) is 16.5. The highest BCUT2D eigenvalue weighted by molar-refractivity contribution is 7.92. The number of anilines is 3. The Kier molecular flexibility index (Phi) is 6.80. The van der Waals surface area contributed by atoms with Crippen LogP contribution in [0.4, 0.5) is 30.5 Å². The van der Waals surface area contributed by atoms with Gasteiger partial charge in [0, 0.05) is 5.69 Å². The molecule has 0 spiro atoms. The highest BCUT2D eigenvalue weighted by atomic mass is 32.2. The number of fused-ring (bicyclic) bond motifs is 1. The zero-order chi connectivity index (χ0) is 25.9. The molecule has 0 saturated carbocycles. The first-order valence-electron chi connectivity index (χ1n) is 10.6. The van der Waals surface area contributed by atoms with Gasteiger partial charge in [-0.15, -0.1) is 0 Å². The van der Waals surface area contributed by atoms with Crippen LogP contribution in [-0.2, 0) is 20.9 Å². The molecule has 0 fully saturated rings. The van der Waals surface area contributed by atoms with Crippen molar-refractivity contribution >= 4 is 44.3 Å². The van der Waals surface area contributed by atoms with Crippen LogP contribution in [0.2, 0.25) is 0 Å². The summed E-state index contributed by atoms with van der Waals surface area (Å²) in [7, 11) is -4.71.